The number of hydrogen-bond acceptors (Lipinski definition) is 1. The quantitative estimate of drug-likeness (QED) is 0.568. The molecule has 0 radical (unpaired) electrons. The van der Waals surface area contributed by atoms with E-state index in [2.05, 4.69) is 45.4 Å². The first-order chi connectivity index (χ1) is 5.63. The Balaban J connectivity index is 4.08. The first kappa shape index (κ1) is 11.3. The lowest BCUT2D eigenvalue weighted by atomic mass is 10.1. The molecular formula is C11H21N. The molecule has 0 saturated heterocycles. The topological polar surface area (TPSA) is 3.24 Å². The maximum Gasteiger partial charge on any atom is 0.0316 e. The van der Waals surface area contributed by atoms with Crippen LogP contribution in [0.4, 0.5) is 0 Å². The van der Waals surface area contributed by atoms with Gasteiger partial charge in [0.1, 0.15) is 0 Å². The number of hydrogen-bond donors (Lipinski definition) is 0. The van der Waals surface area contributed by atoms with Crippen LogP contribution in [0.5, 0.6) is 0 Å². The molecular weight excluding hydrogens is 146 g/mol. The third-order valence-corrected chi connectivity index (χ3v) is 2.13. The minimum atomic E-state index is 1.02. The summed E-state index contributed by atoms with van der Waals surface area (Å²) < 4.78 is 0. The van der Waals surface area contributed by atoms with Crippen molar-refractivity contribution in [1.29, 1.82) is 0 Å². The van der Waals surface area contributed by atoms with Gasteiger partial charge in [0.2, 0.25) is 0 Å². The first-order valence-corrected chi connectivity index (χ1v) is 4.70. The molecule has 0 bridgehead atoms. The zero-order valence-corrected chi connectivity index (χ0v) is 8.85. The Hall–Kier alpha value is -0.720. The zero-order chi connectivity index (χ0) is 9.56. The van der Waals surface area contributed by atoms with Crippen LogP contribution in [0.15, 0.2) is 23.9 Å². The summed E-state index contributed by atoms with van der Waals surface area (Å²) in [5, 5.41) is 0. The molecule has 12 heavy (non-hydrogen) atoms. The Morgan fingerprint density at radius 3 is 2.42 bits per heavy atom. The van der Waals surface area contributed by atoms with Gasteiger partial charge in [-0.1, -0.05) is 26.0 Å². The van der Waals surface area contributed by atoms with Crippen molar-refractivity contribution < 1.29 is 0 Å². The first-order valence-electron chi connectivity index (χ1n) is 4.70. The molecule has 70 valence electrons. The summed E-state index contributed by atoms with van der Waals surface area (Å²) in [4.78, 5) is 2.17. The molecule has 0 saturated carbocycles. The largest absolute Gasteiger partial charge is 0.375 e. The SMILES string of the molecule is C=C(/C(C)=C\CCC)N(C)CC. The van der Waals surface area contributed by atoms with E-state index in [0.717, 1.165) is 18.7 Å². The molecule has 0 aromatic heterocycles. The Labute approximate surface area is 76.8 Å². The summed E-state index contributed by atoms with van der Waals surface area (Å²) in [5.74, 6) is 0. The Kier molecular flexibility index (Phi) is 5.52. The van der Waals surface area contributed by atoms with E-state index in [0.29, 0.717) is 0 Å². The Morgan fingerprint density at radius 1 is 1.42 bits per heavy atom. The van der Waals surface area contributed by atoms with Crippen LogP contribution < -0.4 is 0 Å². The molecule has 0 spiro atoms. The van der Waals surface area contributed by atoms with Gasteiger partial charge >= 0.3 is 0 Å². The second-order valence-corrected chi connectivity index (χ2v) is 3.14. The van der Waals surface area contributed by atoms with E-state index in [9.17, 15) is 0 Å². The molecule has 0 aliphatic rings. The van der Waals surface area contributed by atoms with Gasteiger partial charge in [-0.05, 0) is 25.8 Å². The Morgan fingerprint density at radius 2 is 2.00 bits per heavy atom. The van der Waals surface area contributed by atoms with Crippen LogP contribution in [0.25, 0.3) is 0 Å². The smallest absolute Gasteiger partial charge is 0.0316 e. The van der Waals surface area contributed by atoms with Crippen molar-refractivity contribution >= 4 is 0 Å². The van der Waals surface area contributed by atoms with Crippen molar-refractivity contribution in [3.63, 3.8) is 0 Å². The van der Waals surface area contributed by atoms with E-state index in [-0.39, 0.29) is 0 Å². The number of allylic oxidation sites excluding steroid dienone is 2. The lowest BCUT2D eigenvalue weighted by Gasteiger charge is -2.20. The van der Waals surface area contributed by atoms with Gasteiger partial charge in [-0.2, -0.15) is 0 Å². The molecule has 0 aliphatic heterocycles. The number of unbranched alkanes of at least 4 members (excludes halogenated alkanes) is 1. The molecule has 0 atom stereocenters. The van der Waals surface area contributed by atoms with Gasteiger partial charge in [-0.3, -0.25) is 0 Å². The standard InChI is InChI=1S/C11H21N/c1-6-8-9-10(3)11(4)12(5)7-2/h9H,4,6-8H2,1-3,5H3/b10-9-. The van der Waals surface area contributed by atoms with E-state index in [1.165, 1.54) is 12.0 Å². The van der Waals surface area contributed by atoms with E-state index < -0.39 is 0 Å². The predicted octanol–water partition coefficient (Wildman–Crippen LogP) is 3.20. The lowest BCUT2D eigenvalue weighted by molar-refractivity contribution is 0.451. The van der Waals surface area contributed by atoms with Crippen molar-refractivity contribution in [3.8, 4) is 0 Å². The molecule has 0 unspecified atom stereocenters. The van der Waals surface area contributed by atoms with Gasteiger partial charge < -0.3 is 4.90 Å². The highest BCUT2D eigenvalue weighted by Gasteiger charge is 1.99. The molecule has 1 heteroatoms. The van der Waals surface area contributed by atoms with E-state index in [1.54, 1.807) is 0 Å². The van der Waals surface area contributed by atoms with Crippen molar-refractivity contribution in [2.24, 2.45) is 0 Å². The highest BCUT2D eigenvalue weighted by atomic mass is 15.1. The summed E-state index contributed by atoms with van der Waals surface area (Å²) in [6.45, 7) is 11.5. The zero-order valence-electron chi connectivity index (χ0n) is 8.85. The van der Waals surface area contributed by atoms with Gasteiger partial charge in [0, 0.05) is 19.3 Å². The van der Waals surface area contributed by atoms with Gasteiger partial charge in [0.25, 0.3) is 0 Å². The summed E-state index contributed by atoms with van der Waals surface area (Å²) >= 11 is 0. The van der Waals surface area contributed by atoms with Gasteiger partial charge in [-0.25, -0.2) is 0 Å². The second kappa shape index (κ2) is 5.87. The average Bonchev–Trinajstić information content (AvgIpc) is 2.11. The molecule has 0 heterocycles. The van der Waals surface area contributed by atoms with Crippen LogP contribution >= 0.6 is 0 Å². The normalized spacial score (nSPS) is 11.5. The third kappa shape index (κ3) is 3.61. The minimum absolute atomic E-state index is 1.02. The van der Waals surface area contributed by atoms with E-state index in [4.69, 9.17) is 0 Å². The molecule has 0 rings (SSSR count). The molecule has 0 N–H and O–H groups in total. The number of nitrogens with zero attached hydrogens (tertiary/aromatic N) is 1. The van der Waals surface area contributed by atoms with Gasteiger partial charge in [-0.15, -0.1) is 0 Å². The summed E-state index contributed by atoms with van der Waals surface area (Å²) in [6.07, 6.45) is 4.62. The van der Waals surface area contributed by atoms with Gasteiger partial charge in [0.15, 0.2) is 0 Å². The summed E-state index contributed by atoms with van der Waals surface area (Å²) in [7, 11) is 2.08. The predicted molar refractivity (Wildman–Crippen MR) is 56.1 cm³/mol. The fraction of sp³-hybridized carbons (Fsp3) is 0.636. The van der Waals surface area contributed by atoms with Crippen molar-refractivity contribution in [3.05, 3.63) is 23.9 Å². The van der Waals surface area contributed by atoms with Crippen molar-refractivity contribution in [1.82, 2.24) is 4.90 Å². The molecule has 0 aliphatic carbocycles. The summed E-state index contributed by atoms with van der Waals surface area (Å²) in [6, 6.07) is 0. The Bertz CT molecular complexity index is 168. The fourth-order valence-corrected chi connectivity index (χ4v) is 0.971. The minimum Gasteiger partial charge on any atom is -0.375 e. The van der Waals surface area contributed by atoms with Crippen molar-refractivity contribution in [2.45, 2.75) is 33.6 Å². The lowest BCUT2D eigenvalue weighted by Crippen LogP contribution is -2.16. The average molecular weight is 167 g/mol. The van der Waals surface area contributed by atoms with Crippen LogP contribution in [0, 0.1) is 0 Å². The van der Waals surface area contributed by atoms with Crippen LogP contribution in [-0.4, -0.2) is 18.5 Å². The van der Waals surface area contributed by atoms with Crippen LogP contribution in [0.2, 0.25) is 0 Å². The molecule has 0 fully saturated rings. The summed E-state index contributed by atoms with van der Waals surface area (Å²) in [5.41, 5.74) is 2.45. The highest BCUT2D eigenvalue weighted by molar-refractivity contribution is 5.24. The molecule has 1 nitrogen and oxygen atoms in total. The highest BCUT2D eigenvalue weighted by Crippen LogP contribution is 2.11. The molecule has 0 aromatic rings. The van der Waals surface area contributed by atoms with Crippen LogP contribution in [0.3, 0.4) is 0 Å². The fourth-order valence-electron chi connectivity index (χ4n) is 0.971. The number of likely N-dealkylation sites (N-methyl/N-ethyl adjacent to an activating group) is 1. The van der Waals surface area contributed by atoms with Crippen molar-refractivity contribution in [2.75, 3.05) is 13.6 Å². The number of rotatable bonds is 5. The van der Waals surface area contributed by atoms with E-state index in [1.807, 2.05) is 0 Å². The molecule has 0 aromatic carbocycles. The van der Waals surface area contributed by atoms with Crippen LogP contribution in [-0.2, 0) is 0 Å². The maximum absolute atomic E-state index is 4.04. The monoisotopic (exact) mass is 167 g/mol. The molecule has 0 amide bonds. The van der Waals surface area contributed by atoms with Gasteiger partial charge in [0.05, 0.1) is 0 Å². The van der Waals surface area contributed by atoms with E-state index >= 15 is 0 Å². The second-order valence-electron chi connectivity index (χ2n) is 3.14. The third-order valence-electron chi connectivity index (χ3n) is 2.13. The maximum atomic E-state index is 4.04. The van der Waals surface area contributed by atoms with Crippen LogP contribution in [0.1, 0.15) is 33.6 Å².